The maximum atomic E-state index is 9.58. The predicted molar refractivity (Wildman–Crippen MR) is 51.9 cm³/mol. The van der Waals surface area contributed by atoms with Crippen LogP contribution in [-0.4, -0.2) is 23.8 Å². The zero-order valence-corrected chi connectivity index (χ0v) is 8.06. The van der Waals surface area contributed by atoms with Gasteiger partial charge in [-0.3, -0.25) is 0 Å². The van der Waals surface area contributed by atoms with E-state index in [-0.39, 0.29) is 0 Å². The van der Waals surface area contributed by atoms with E-state index in [1.54, 1.807) is 0 Å². The number of nitrogens with one attached hydrogen (secondary N) is 1. The number of hydrogen-bond donors (Lipinski definition) is 2. The molecular formula is C10H19NO. The number of rotatable bonds is 6. The molecule has 2 heteroatoms. The molecule has 0 heterocycles. The second-order valence-electron chi connectivity index (χ2n) is 3.33. The smallest absolute Gasteiger partial charge is 0.0740 e. The van der Waals surface area contributed by atoms with Gasteiger partial charge in [0.1, 0.15) is 0 Å². The summed E-state index contributed by atoms with van der Waals surface area (Å²) in [6, 6.07) is 0. The lowest BCUT2D eigenvalue weighted by Crippen LogP contribution is -2.37. The van der Waals surface area contributed by atoms with Crippen LogP contribution in [0.3, 0.4) is 0 Å². The quantitative estimate of drug-likeness (QED) is 0.462. The van der Waals surface area contributed by atoms with Gasteiger partial charge in [0.15, 0.2) is 0 Å². The highest BCUT2D eigenvalue weighted by molar-refractivity contribution is 4.83. The van der Waals surface area contributed by atoms with E-state index < -0.39 is 5.60 Å². The fourth-order valence-electron chi connectivity index (χ4n) is 0.798. The van der Waals surface area contributed by atoms with Gasteiger partial charge in [-0.1, -0.05) is 6.92 Å². The summed E-state index contributed by atoms with van der Waals surface area (Å²) in [6.07, 6.45) is 7.66. The molecule has 1 atom stereocenters. The predicted octanol–water partition coefficient (Wildman–Crippen LogP) is 1.15. The highest BCUT2D eigenvalue weighted by atomic mass is 16.3. The second-order valence-corrected chi connectivity index (χ2v) is 3.33. The Morgan fingerprint density at radius 1 is 1.58 bits per heavy atom. The molecule has 12 heavy (non-hydrogen) atoms. The van der Waals surface area contributed by atoms with Crippen LogP contribution < -0.4 is 5.32 Å². The summed E-state index contributed by atoms with van der Waals surface area (Å²) in [5.74, 6) is 2.58. The van der Waals surface area contributed by atoms with Crippen molar-refractivity contribution in [2.24, 2.45) is 0 Å². The first-order valence-corrected chi connectivity index (χ1v) is 4.49. The molecule has 0 spiro atoms. The zero-order chi connectivity index (χ0) is 9.45. The minimum atomic E-state index is -0.573. The molecule has 0 saturated heterocycles. The van der Waals surface area contributed by atoms with Crippen molar-refractivity contribution in [3.63, 3.8) is 0 Å². The van der Waals surface area contributed by atoms with Crippen LogP contribution in [0.15, 0.2) is 0 Å². The van der Waals surface area contributed by atoms with Gasteiger partial charge in [-0.2, -0.15) is 0 Å². The van der Waals surface area contributed by atoms with Gasteiger partial charge in [0.25, 0.3) is 0 Å². The summed E-state index contributed by atoms with van der Waals surface area (Å²) < 4.78 is 0. The molecule has 70 valence electrons. The maximum absolute atomic E-state index is 9.58. The molecule has 2 nitrogen and oxygen atoms in total. The number of aliphatic hydroxyl groups is 1. The SMILES string of the molecule is C#CCCCNCC(C)(O)CC. The average Bonchev–Trinajstić information content (AvgIpc) is 2.04. The molecule has 0 aromatic carbocycles. The van der Waals surface area contributed by atoms with Gasteiger partial charge in [0.2, 0.25) is 0 Å². The van der Waals surface area contributed by atoms with Crippen LogP contribution in [0.1, 0.15) is 33.1 Å². The van der Waals surface area contributed by atoms with E-state index in [0.717, 1.165) is 25.8 Å². The van der Waals surface area contributed by atoms with Crippen molar-refractivity contribution in [2.75, 3.05) is 13.1 Å². The summed E-state index contributed by atoms with van der Waals surface area (Å²) in [7, 11) is 0. The van der Waals surface area contributed by atoms with Crippen LogP contribution in [0.4, 0.5) is 0 Å². The van der Waals surface area contributed by atoms with Crippen molar-refractivity contribution < 1.29 is 5.11 Å². The van der Waals surface area contributed by atoms with Gasteiger partial charge in [0.05, 0.1) is 5.60 Å². The Morgan fingerprint density at radius 2 is 2.25 bits per heavy atom. The molecule has 2 N–H and O–H groups in total. The molecule has 0 aliphatic carbocycles. The summed E-state index contributed by atoms with van der Waals surface area (Å²) in [5.41, 5.74) is -0.573. The molecule has 0 rings (SSSR count). The first-order valence-electron chi connectivity index (χ1n) is 4.49. The molecule has 1 unspecified atom stereocenters. The van der Waals surface area contributed by atoms with Crippen molar-refractivity contribution >= 4 is 0 Å². The van der Waals surface area contributed by atoms with Gasteiger partial charge in [0, 0.05) is 13.0 Å². The minimum Gasteiger partial charge on any atom is -0.389 e. The third kappa shape index (κ3) is 6.21. The van der Waals surface area contributed by atoms with E-state index in [1.165, 1.54) is 0 Å². The van der Waals surface area contributed by atoms with E-state index in [9.17, 15) is 5.11 Å². The van der Waals surface area contributed by atoms with Gasteiger partial charge in [-0.25, -0.2) is 0 Å². The molecule has 0 aliphatic heterocycles. The molecule has 0 fully saturated rings. The Bertz CT molecular complexity index is 146. The fourth-order valence-corrected chi connectivity index (χ4v) is 0.798. The van der Waals surface area contributed by atoms with Crippen LogP contribution in [0.2, 0.25) is 0 Å². The lowest BCUT2D eigenvalue weighted by atomic mass is 10.0. The van der Waals surface area contributed by atoms with E-state index in [0.29, 0.717) is 6.54 Å². The summed E-state index contributed by atoms with van der Waals surface area (Å²) in [4.78, 5) is 0. The Morgan fingerprint density at radius 3 is 2.75 bits per heavy atom. The van der Waals surface area contributed by atoms with Crippen molar-refractivity contribution in [1.82, 2.24) is 5.32 Å². The normalized spacial score (nSPS) is 15.2. The summed E-state index contributed by atoms with van der Waals surface area (Å²) >= 11 is 0. The van der Waals surface area contributed by atoms with Crippen molar-refractivity contribution in [2.45, 2.75) is 38.7 Å². The largest absolute Gasteiger partial charge is 0.389 e. The van der Waals surface area contributed by atoms with Crippen molar-refractivity contribution in [1.29, 1.82) is 0 Å². The summed E-state index contributed by atoms with van der Waals surface area (Å²) in [6.45, 7) is 5.35. The van der Waals surface area contributed by atoms with Crippen LogP contribution in [0.25, 0.3) is 0 Å². The van der Waals surface area contributed by atoms with Crippen LogP contribution in [0, 0.1) is 12.3 Å². The lowest BCUT2D eigenvalue weighted by molar-refractivity contribution is 0.0560. The number of unbranched alkanes of at least 4 members (excludes halogenated alkanes) is 1. The van der Waals surface area contributed by atoms with Crippen molar-refractivity contribution in [3.05, 3.63) is 0 Å². The molecule has 0 aromatic heterocycles. The molecule has 0 aromatic rings. The summed E-state index contributed by atoms with van der Waals surface area (Å²) in [5, 5.41) is 12.7. The number of hydrogen-bond acceptors (Lipinski definition) is 2. The van der Waals surface area contributed by atoms with Crippen LogP contribution >= 0.6 is 0 Å². The Labute approximate surface area is 75.4 Å². The molecule has 0 saturated carbocycles. The highest BCUT2D eigenvalue weighted by Crippen LogP contribution is 2.05. The van der Waals surface area contributed by atoms with Gasteiger partial charge >= 0.3 is 0 Å². The first kappa shape index (κ1) is 11.5. The van der Waals surface area contributed by atoms with Gasteiger partial charge < -0.3 is 10.4 Å². The third-order valence-electron chi connectivity index (χ3n) is 1.94. The maximum Gasteiger partial charge on any atom is 0.0740 e. The Hall–Kier alpha value is -0.520. The topological polar surface area (TPSA) is 32.3 Å². The fraction of sp³-hybridized carbons (Fsp3) is 0.800. The lowest BCUT2D eigenvalue weighted by Gasteiger charge is -2.21. The standard InChI is InChI=1S/C10H19NO/c1-4-6-7-8-11-9-10(3,12)5-2/h1,11-12H,5-9H2,2-3H3. The molecular weight excluding hydrogens is 150 g/mol. The van der Waals surface area contributed by atoms with E-state index >= 15 is 0 Å². The van der Waals surface area contributed by atoms with Crippen LogP contribution in [0.5, 0.6) is 0 Å². The number of terminal acetylenes is 1. The van der Waals surface area contributed by atoms with Crippen molar-refractivity contribution in [3.8, 4) is 12.3 Å². The Kier molecular flexibility index (Phi) is 5.79. The Balaban J connectivity index is 3.26. The monoisotopic (exact) mass is 169 g/mol. The molecule has 0 aliphatic rings. The van der Waals surface area contributed by atoms with Crippen LogP contribution in [-0.2, 0) is 0 Å². The molecule has 0 amide bonds. The zero-order valence-electron chi connectivity index (χ0n) is 8.06. The molecule has 0 radical (unpaired) electrons. The van der Waals surface area contributed by atoms with E-state index in [4.69, 9.17) is 6.42 Å². The minimum absolute atomic E-state index is 0.573. The highest BCUT2D eigenvalue weighted by Gasteiger charge is 2.15. The van der Waals surface area contributed by atoms with E-state index in [2.05, 4.69) is 11.2 Å². The van der Waals surface area contributed by atoms with E-state index in [1.807, 2.05) is 13.8 Å². The average molecular weight is 169 g/mol. The second kappa shape index (κ2) is 6.05. The third-order valence-corrected chi connectivity index (χ3v) is 1.94. The first-order chi connectivity index (χ1) is 5.62. The van der Waals surface area contributed by atoms with Gasteiger partial charge in [-0.05, 0) is 26.3 Å². The molecule has 0 bridgehead atoms. The van der Waals surface area contributed by atoms with Gasteiger partial charge in [-0.15, -0.1) is 12.3 Å².